The van der Waals surface area contributed by atoms with Crippen molar-refractivity contribution in [3.8, 4) is 17.4 Å². The second-order valence-electron chi connectivity index (χ2n) is 5.26. The summed E-state index contributed by atoms with van der Waals surface area (Å²) < 4.78 is 22.2. The standard InChI is InChI=1S/C17H20N2O4/c1-2-15(21-8-9-22-17-11-18-5-6-19-17)10-16(3-1)23-13-14-4-7-20-12-14/h1-3,5-6,10-11,14H,4,7-9,12-13H2. The average molecular weight is 316 g/mol. The zero-order valence-corrected chi connectivity index (χ0v) is 12.9. The Kier molecular flexibility index (Phi) is 5.64. The molecular weight excluding hydrogens is 296 g/mol. The molecule has 0 saturated carbocycles. The fraction of sp³-hybridized carbons (Fsp3) is 0.412. The summed E-state index contributed by atoms with van der Waals surface area (Å²) in [5.74, 6) is 2.55. The van der Waals surface area contributed by atoms with E-state index in [1.807, 2.05) is 24.3 Å². The van der Waals surface area contributed by atoms with E-state index in [1.165, 1.54) is 0 Å². The molecule has 6 nitrogen and oxygen atoms in total. The maximum Gasteiger partial charge on any atom is 0.232 e. The summed E-state index contributed by atoms with van der Waals surface area (Å²) in [5.41, 5.74) is 0. The zero-order chi connectivity index (χ0) is 15.7. The predicted octanol–water partition coefficient (Wildman–Crippen LogP) is 2.35. The molecule has 6 heteroatoms. The molecule has 3 rings (SSSR count). The minimum Gasteiger partial charge on any atom is -0.493 e. The van der Waals surface area contributed by atoms with Gasteiger partial charge in [-0.25, -0.2) is 4.98 Å². The first-order chi connectivity index (χ1) is 11.4. The second kappa shape index (κ2) is 8.33. The van der Waals surface area contributed by atoms with Crippen molar-refractivity contribution in [2.45, 2.75) is 6.42 Å². The summed E-state index contributed by atoms with van der Waals surface area (Å²) >= 11 is 0. The maximum absolute atomic E-state index is 5.80. The fourth-order valence-corrected chi connectivity index (χ4v) is 2.25. The quantitative estimate of drug-likeness (QED) is 0.697. The minimum absolute atomic E-state index is 0.406. The van der Waals surface area contributed by atoms with E-state index in [9.17, 15) is 0 Å². The van der Waals surface area contributed by atoms with Gasteiger partial charge in [-0.15, -0.1) is 0 Å². The monoisotopic (exact) mass is 316 g/mol. The van der Waals surface area contributed by atoms with Gasteiger partial charge < -0.3 is 18.9 Å². The first-order valence-corrected chi connectivity index (χ1v) is 7.72. The van der Waals surface area contributed by atoms with Crippen LogP contribution in [0.2, 0.25) is 0 Å². The number of aromatic nitrogens is 2. The zero-order valence-electron chi connectivity index (χ0n) is 12.9. The summed E-state index contributed by atoms with van der Waals surface area (Å²) in [4.78, 5) is 7.96. The summed E-state index contributed by atoms with van der Waals surface area (Å²) in [7, 11) is 0. The minimum atomic E-state index is 0.406. The second-order valence-corrected chi connectivity index (χ2v) is 5.26. The lowest BCUT2D eigenvalue weighted by Crippen LogP contribution is -2.12. The number of ether oxygens (including phenoxy) is 4. The number of hydrogen-bond donors (Lipinski definition) is 0. The molecule has 1 unspecified atom stereocenters. The van der Waals surface area contributed by atoms with Gasteiger partial charge in [-0.3, -0.25) is 4.98 Å². The molecule has 2 heterocycles. The van der Waals surface area contributed by atoms with Crippen molar-refractivity contribution in [1.82, 2.24) is 9.97 Å². The van der Waals surface area contributed by atoms with Crippen molar-refractivity contribution in [3.63, 3.8) is 0 Å². The van der Waals surface area contributed by atoms with E-state index < -0.39 is 0 Å². The van der Waals surface area contributed by atoms with Crippen molar-refractivity contribution < 1.29 is 18.9 Å². The molecule has 0 amide bonds. The highest BCUT2D eigenvalue weighted by Crippen LogP contribution is 2.21. The van der Waals surface area contributed by atoms with Gasteiger partial charge >= 0.3 is 0 Å². The van der Waals surface area contributed by atoms with Crippen LogP contribution in [-0.2, 0) is 4.74 Å². The van der Waals surface area contributed by atoms with Crippen LogP contribution in [0.1, 0.15) is 6.42 Å². The van der Waals surface area contributed by atoms with Crippen LogP contribution in [-0.4, -0.2) is 43.0 Å². The lowest BCUT2D eigenvalue weighted by Gasteiger charge is -2.12. The topological polar surface area (TPSA) is 62.7 Å². The lowest BCUT2D eigenvalue weighted by atomic mass is 10.1. The Morgan fingerprint density at radius 3 is 2.74 bits per heavy atom. The molecule has 1 aliphatic rings. The highest BCUT2D eigenvalue weighted by atomic mass is 16.5. The Labute approximate surface area is 135 Å². The van der Waals surface area contributed by atoms with Gasteiger partial charge in [0.15, 0.2) is 0 Å². The van der Waals surface area contributed by atoms with Gasteiger partial charge in [-0.1, -0.05) is 6.07 Å². The number of nitrogens with zero attached hydrogens (tertiary/aromatic N) is 2. The SMILES string of the molecule is c1cc(OCCOc2cnccn2)cc(OCC2CCOC2)c1. The molecule has 0 spiro atoms. The Bertz CT molecular complexity index is 588. The summed E-state index contributed by atoms with van der Waals surface area (Å²) in [5, 5.41) is 0. The molecule has 0 radical (unpaired) electrons. The van der Waals surface area contributed by atoms with Crippen LogP contribution in [0.3, 0.4) is 0 Å². The first-order valence-electron chi connectivity index (χ1n) is 7.72. The van der Waals surface area contributed by atoms with Crippen LogP contribution >= 0.6 is 0 Å². The van der Waals surface area contributed by atoms with Crippen LogP contribution in [0, 0.1) is 5.92 Å². The van der Waals surface area contributed by atoms with Crippen LogP contribution in [0.15, 0.2) is 42.9 Å². The molecule has 0 N–H and O–H groups in total. The van der Waals surface area contributed by atoms with E-state index in [2.05, 4.69) is 9.97 Å². The number of benzene rings is 1. The van der Waals surface area contributed by atoms with Gasteiger partial charge in [0, 0.05) is 31.0 Å². The van der Waals surface area contributed by atoms with E-state index in [0.717, 1.165) is 31.1 Å². The van der Waals surface area contributed by atoms with Gasteiger partial charge in [-0.05, 0) is 18.6 Å². The molecule has 1 aliphatic heterocycles. The van der Waals surface area contributed by atoms with E-state index in [0.29, 0.717) is 31.6 Å². The third-order valence-corrected chi connectivity index (χ3v) is 3.46. The molecule has 1 fully saturated rings. The van der Waals surface area contributed by atoms with E-state index >= 15 is 0 Å². The Hall–Kier alpha value is -2.34. The smallest absolute Gasteiger partial charge is 0.232 e. The molecular formula is C17H20N2O4. The van der Waals surface area contributed by atoms with Crippen molar-refractivity contribution >= 4 is 0 Å². The van der Waals surface area contributed by atoms with Crippen molar-refractivity contribution in [1.29, 1.82) is 0 Å². The normalized spacial score (nSPS) is 17.0. The predicted molar refractivity (Wildman–Crippen MR) is 83.9 cm³/mol. The van der Waals surface area contributed by atoms with Gasteiger partial charge in [0.1, 0.15) is 24.7 Å². The van der Waals surface area contributed by atoms with Crippen LogP contribution in [0.4, 0.5) is 0 Å². The molecule has 1 saturated heterocycles. The van der Waals surface area contributed by atoms with Gasteiger partial charge in [0.25, 0.3) is 0 Å². The van der Waals surface area contributed by atoms with Crippen LogP contribution < -0.4 is 14.2 Å². The van der Waals surface area contributed by atoms with Gasteiger partial charge in [0.2, 0.25) is 5.88 Å². The highest BCUT2D eigenvalue weighted by Gasteiger charge is 2.16. The van der Waals surface area contributed by atoms with Crippen LogP contribution in [0.5, 0.6) is 17.4 Å². The Morgan fingerprint density at radius 1 is 1.09 bits per heavy atom. The molecule has 1 aromatic heterocycles. The molecule has 23 heavy (non-hydrogen) atoms. The maximum atomic E-state index is 5.80. The largest absolute Gasteiger partial charge is 0.493 e. The fourth-order valence-electron chi connectivity index (χ4n) is 2.25. The summed E-state index contributed by atoms with van der Waals surface area (Å²) in [6.07, 6.45) is 5.83. The van der Waals surface area contributed by atoms with E-state index in [-0.39, 0.29) is 0 Å². The number of rotatable bonds is 8. The third kappa shape index (κ3) is 5.10. The average Bonchev–Trinajstić information content (AvgIpc) is 3.12. The first kappa shape index (κ1) is 15.6. The molecule has 2 aromatic rings. The molecule has 1 atom stereocenters. The van der Waals surface area contributed by atoms with E-state index in [4.69, 9.17) is 18.9 Å². The van der Waals surface area contributed by atoms with Gasteiger partial charge in [-0.2, -0.15) is 0 Å². The lowest BCUT2D eigenvalue weighted by molar-refractivity contribution is 0.166. The molecule has 1 aromatic carbocycles. The van der Waals surface area contributed by atoms with Crippen molar-refractivity contribution in [3.05, 3.63) is 42.9 Å². The van der Waals surface area contributed by atoms with Crippen molar-refractivity contribution in [2.24, 2.45) is 5.92 Å². The summed E-state index contributed by atoms with van der Waals surface area (Å²) in [6.45, 7) is 3.14. The molecule has 122 valence electrons. The van der Waals surface area contributed by atoms with Crippen LogP contribution in [0.25, 0.3) is 0 Å². The van der Waals surface area contributed by atoms with E-state index in [1.54, 1.807) is 18.6 Å². The van der Waals surface area contributed by atoms with Gasteiger partial charge in [0.05, 0.1) is 19.4 Å². The highest BCUT2D eigenvalue weighted by molar-refractivity contribution is 5.32. The molecule has 0 bridgehead atoms. The Morgan fingerprint density at radius 2 is 1.96 bits per heavy atom. The molecule has 0 aliphatic carbocycles. The Balaban J connectivity index is 1.40. The summed E-state index contributed by atoms with van der Waals surface area (Å²) in [6, 6.07) is 7.63. The third-order valence-electron chi connectivity index (χ3n) is 3.46. The number of hydrogen-bond acceptors (Lipinski definition) is 6. The van der Waals surface area contributed by atoms with Crippen molar-refractivity contribution in [2.75, 3.05) is 33.0 Å².